The average molecular weight is 286 g/mol. The minimum absolute atomic E-state index is 0.146. The second-order valence-electron chi connectivity index (χ2n) is 4.64. The third-order valence-electron chi connectivity index (χ3n) is 3.22. The number of aliphatic hydroxyl groups is 1. The SMILES string of the molecule is [2H]CC1OC(N2C=CC(=O)CC2=O)C(OCCOC)C1O. The molecule has 0 bridgehead atoms. The number of rotatable bonds is 5. The molecule has 1 fully saturated rings. The summed E-state index contributed by atoms with van der Waals surface area (Å²) >= 11 is 0. The molecule has 4 unspecified atom stereocenters. The Morgan fingerprint density at radius 2 is 2.35 bits per heavy atom. The van der Waals surface area contributed by atoms with E-state index in [0.717, 1.165) is 0 Å². The van der Waals surface area contributed by atoms with E-state index >= 15 is 0 Å². The van der Waals surface area contributed by atoms with Gasteiger partial charge in [-0.05, 0) is 13.0 Å². The van der Waals surface area contributed by atoms with Gasteiger partial charge in [0.1, 0.15) is 12.2 Å². The third-order valence-corrected chi connectivity index (χ3v) is 3.22. The molecule has 1 saturated heterocycles. The van der Waals surface area contributed by atoms with Gasteiger partial charge in [-0.3, -0.25) is 14.5 Å². The van der Waals surface area contributed by atoms with Gasteiger partial charge in [0.15, 0.2) is 12.0 Å². The molecule has 0 radical (unpaired) electrons. The Labute approximate surface area is 118 Å². The van der Waals surface area contributed by atoms with Crippen molar-refractivity contribution in [2.45, 2.75) is 37.9 Å². The molecule has 1 amide bonds. The van der Waals surface area contributed by atoms with Gasteiger partial charge in [0.05, 0.1) is 25.7 Å². The summed E-state index contributed by atoms with van der Waals surface area (Å²) in [4.78, 5) is 24.4. The number of hydrogen-bond acceptors (Lipinski definition) is 6. The van der Waals surface area contributed by atoms with Gasteiger partial charge in [-0.2, -0.15) is 0 Å². The molecule has 1 N–H and O–H groups in total. The number of hydrogen-bond donors (Lipinski definition) is 1. The fourth-order valence-electron chi connectivity index (χ4n) is 2.16. The quantitative estimate of drug-likeness (QED) is 0.538. The van der Waals surface area contributed by atoms with Crippen LogP contribution in [0.25, 0.3) is 0 Å². The summed E-state index contributed by atoms with van der Waals surface area (Å²) in [5.41, 5.74) is 0. The molecule has 0 saturated carbocycles. The van der Waals surface area contributed by atoms with E-state index in [0.29, 0.717) is 6.61 Å². The van der Waals surface area contributed by atoms with Gasteiger partial charge < -0.3 is 19.3 Å². The molecule has 7 nitrogen and oxygen atoms in total. The largest absolute Gasteiger partial charge is 0.388 e. The van der Waals surface area contributed by atoms with E-state index < -0.39 is 30.4 Å². The first-order valence-electron chi connectivity index (χ1n) is 7.04. The zero-order chi connectivity index (χ0) is 15.4. The molecule has 0 spiro atoms. The van der Waals surface area contributed by atoms with Crippen LogP contribution in [0.3, 0.4) is 0 Å². The molecule has 0 aromatic rings. The number of ketones is 1. The minimum atomic E-state index is -1.01. The molecule has 0 aliphatic carbocycles. The van der Waals surface area contributed by atoms with Gasteiger partial charge in [-0.1, -0.05) is 0 Å². The molecule has 0 aromatic carbocycles. The number of ether oxygens (including phenoxy) is 3. The highest BCUT2D eigenvalue weighted by Gasteiger charge is 2.46. The van der Waals surface area contributed by atoms with E-state index in [2.05, 4.69) is 0 Å². The van der Waals surface area contributed by atoms with Crippen molar-refractivity contribution in [3.8, 4) is 0 Å². The second kappa shape index (κ2) is 6.45. The Kier molecular flexibility index (Phi) is 4.41. The third kappa shape index (κ3) is 3.06. The summed E-state index contributed by atoms with van der Waals surface area (Å²) in [5, 5.41) is 10.1. The molecule has 0 aromatic heterocycles. The predicted molar refractivity (Wildman–Crippen MR) is 67.6 cm³/mol. The van der Waals surface area contributed by atoms with Gasteiger partial charge in [-0.25, -0.2) is 0 Å². The summed E-state index contributed by atoms with van der Waals surface area (Å²) < 4.78 is 23.3. The van der Waals surface area contributed by atoms with Crippen molar-refractivity contribution in [2.75, 3.05) is 20.3 Å². The van der Waals surface area contributed by atoms with Crippen molar-refractivity contribution < 1.29 is 30.3 Å². The van der Waals surface area contributed by atoms with Crippen molar-refractivity contribution in [1.82, 2.24) is 4.90 Å². The number of amides is 1. The van der Waals surface area contributed by atoms with Crippen molar-refractivity contribution in [3.05, 3.63) is 12.3 Å². The summed E-state index contributed by atoms with van der Waals surface area (Å²) in [5.74, 6) is -0.686. The van der Waals surface area contributed by atoms with Crippen LogP contribution in [0.4, 0.5) is 0 Å². The topological polar surface area (TPSA) is 85.3 Å². The number of carbonyl (C=O) groups is 2. The summed E-state index contributed by atoms with van der Waals surface area (Å²) in [6, 6.07) is 0. The van der Waals surface area contributed by atoms with Crippen LogP contribution in [-0.2, 0) is 23.8 Å². The predicted octanol–water partition coefficient (Wildman–Crippen LogP) is -0.561. The minimum Gasteiger partial charge on any atom is -0.388 e. The van der Waals surface area contributed by atoms with Crippen LogP contribution >= 0.6 is 0 Å². The Morgan fingerprint density at radius 1 is 1.55 bits per heavy atom. The van der Waals surface area contributed by atoms with E-state index in [1.807, 2.05) is 0 Å². The average Bonchev–Trinajstić information content (AvgIpc) is 2.76. The lowest BCUT2D eigenvalue weighted by atomic mass is 10.1. The maximum absolute atomic E-state index is 11.9. The normalized spacial score (nSPS) is 34.7. The maximum Gasteiger partial charge on any atom is 0.236 e. The first-order valence-corrected chi connectivity index (χ1v) is 6.34. The van der Waals surface area contributed by atoms with Crippen molar-refractivity contribution >= 4 is 11.7 Å². The number of allylic oxidation sites excluding steroid dienone is 1. The summed E-state index contributed by atoms with van der Waals surface area (Å²) in [6.45, 7) is 0.420. The zero-order valence-electron chi connectivity index (χ0n) is 12.2. The highest BCUT2D eigenvalue weighted by Crippen LogP contribution is 2.28. The highest BCUT2D eigenvalue weighted by atomic mass is 16.6. The van der Waals surface area contributed by atoms with Gasteiger partial charge in [-0.15, -0.1) is 0 Å². The molecule has 2 aliphatic rings. The van der Waals surface area contributed by atoms with Crippen LogP contribution in [0.15, 0.2) is 12.3 Å². The first kappa shape index (κ1) is 13.7. The van der Waals surface area contributed by atoms with Gasteiger partial charge >= 0.3 is 0 Å². The van der Waals surface area contributed by atoms with Crippen LogP contribution in [0, 0.1) is 0 Å². The van der Waals surface area contributed by atoms with Crippen molar-refractivity contribution in [1.29, 1.82) is 0 Å². The lowest BCUT2D eigenvalue weighted by molar-refractivity contribution is -0.150. The number of nitrogens with zero attached hydrogens (tertiary/aromatic N) is 1. The fourth-order valence-corrected chi connectivity index (χ4v) is 2.16. The Morgan fingerprint density at radius 3 is 3.00 bits per heavy atom. The van der Waals surface area contributed by atoms with Crippen molar-refractivity contribution in [3.63, 3.8) is 0 Å². The molecule has 20 heavy (non-hydrogen) atoms. The molecule has 2 aliphatic heterocycles. The van der Waals surface area contributed by atoms with Crippen LogP contribution < -0.4 is 0 Å². The van der Waals surface area contributed by atoms with E-state index in [4.69, 9.17) is 15.6 Å². The van der Waals surface area contributed by atoms with Gasteiger partial charge in [0, 0.05) is 14.7 Å². The number of carbonyl (C=O) groups excluding carboxylic acids is 2. The van der Waals surface area contributed by atoms with Crippen molar-refractivity contribution in [2.24, 2.45) is 0 Å². The lowest BCUT2D eigenvalue weighted by Gasteiger charge is -2.31. The Bertz CT molecular complexity index is 429. The fraction of sp³-hybridized carbons (Fsp3) is 0.692. The standard InChI is InChI=1S/C13H19NO6/c1-8-11(17)12(19-6-5-18-2)13(20-8)14-4-3-9(15)7-10(14)16/h3-4,8,11-13,17H,5-7H2,1-2H3/i1D. The van der Waals surface area contributed by atoms with Gasteiger partial charge in [0.25, 0.3) is 0 Å². The molecular formula is C13H19NO6. The summed E-state index contributed by atoms with van der Waals surface area (Å²) in [6.07, 6.45) is -0.976. The molecule has 112 valence electrons. The zero-order valence-corrected chi connectivity index (χ0v) is 11.2. The molecule has 2 rings (SSSR count). The smallest absolute Gasteiger partial charge is 0.236 e. The van der Waals surface area contributed by atoms with Crippen LogP contribution in [0.1, 0.15) is 14.7 Å². The molecule has 4 atom stereocenters. The molecular weight excluding hydrogens is 266 g/mol. The summed E-state index contributed by atoms with van der Waals surface area (Å²) in [7, 11) is 1.53. The van der Waals surface area contributed by atoms with E-state index in [1.54, 1.807) is 0 Å². The van der Waals surface area contributed by atoms with Crippen LogP contribution in [0.2, 0.25) is 0 Å². The van der Waals surface area contributed by atoms with Crippen LogP contribution in [-0.4, -0.2) is 66.6 Å². The maximum atomic E-state index is 11.9. The lowest BCUT2D eigenvalue weighted by Crippen LogP contribution is -2.47. The second-order valence-corrected chi connectivity index (χ2v) is 4.64. The molecule has 7 heteroatoms. The number of aliphatic hydroxyl groups excluding tert-OH is 1. The van der Waals surface area contributed by atoms with E-state index in [-0.39, 0.29) is 25.7 Å². The Balaban J connectivity index is 2.12. The van der Waals surface area contributed by atoms with Crippen LogP contribution in [0.5, 0.6) is 0 Å². The number of methoxy groups -OCH3 is 1. The van der Waals surface area contributed by atoms with Gasteiger partial charge in [0.2, 0.25) is 5.91 Å². The van der Waals surface area contributed by atoms with E-state index in [1.165, 1.54) is 24.3 Å². The highest BCUT2D eigenvalue weighted by molar-refractivity contribution is 6.06. The van der Waals surface area contributed by atoms with E-state index in [9.17, 15) is 14.7 Å². The first-order chi connectivity index (χ1) is 10.1. The Hall–Kier alpha value is -1.28. The molecule has 2 heterocycles. The monoisotopic (exact) mass is 286 g/mol.